The van der Waals surface area contributed by atoms with E-state index in [4.69, 9.17) is 4.74 Å². The van der Waals surface area contributed by atoms with E-state index in [0.29, 0.717) is 18.8 Å². The average molecular weight is 346 g/mol. The van der Waals surface area contributed by atoms with Gasteiger partial charge in [-0.1, -0.05) is 5.21 Å². The highest BCUT2D eigenvalue weighted by atomic mass is 16.6. The number of nitro benzene ring substituents is 1. The minimum absolute atomic E-state index is 0.116. The molecule has 0 bridgehead atoms. The number of piperazine rings is 1. The SMILES string of the molecule is COc1cc(-n2cc(C(=O)N3CCN(C)CC3)nn2)ccc1[N+](=O)[O-]. The molecule has 0 saturated carbocycles. The van der Waals surface area contributed by atoms with Gasteiger partial charge in [0, 0.05) is 38.3 Å². The largest absolute Gasteiger partial charge is 0.490 e. The summed E-state index contributed by atoms with van der Waals surface area (Å²) in [7, 11) is 3.37. The Kier molecular flexibility index (Phi) is 4.61. The van der Waals surface area contributed by atoms with Crippen molar-refractivity contribution < 1.29 is 14.5 Å². The molecule has 10 heteroatoms. The molecule has 2 aromatic rings. The van der Waals surface area contributed by atoms with Crippen LogP contribution in [0.3, 0.4) is 0 Å². The van der Waals surface area contributed by atoms with Gasteiger partial charge >= 0.3 is 5.69 Å². The maximum Gasteiger partial charge on any atom is 0.311 e. The lowest BCUT2D eigenvalue weighted by Crippen LogP contribution is -2.47. The first-order valence-corrected chi connectivity index (χ1v) is 7.72. The van der Waals surface area contributed by atoms with Crippen molar-refractivity contribution in [2.45, 2.75) is 0 Å². The highest BCUT2D eigenvalue weighted by Crippen LogP contribution is 2.28. The van der Waals surface area contributed by atoms with Crippen molar-refractivity contribution in [1.29, 1.82) is 0 Å². The molecule has 0 N–H and O–H groups in total. The molecular formula is C15H18N6O4. The zero-order valence-corrected chi connectivity index (χ0v) is 14.0. The van der Waals surface area contributed by atoms with Gasteiger partial charge in [0.05, 0.1) is 23.9 Å². The third-order valence-electron chi connectivity index (χ3n) is 4.13. The molecule has 0 spiro atoms. The standard InChI is InChI=1S/C15H18N6O4/c1-18-5-7-19(8-6-18)15(22)12-10-20(17-16-12)11-3-4-13(21(23)24)14(9-11)25-2/h3-4,9-10H,5-8H2,1-2H3. The van der Waals surface area contributed by atoms with Crippen LogP contribution in [-0.4, -0.2) is 76.0 Å². The molecular weight excluding hydrogens is 328 g/mol. The fourth-order valence-electron chi connectivity index (χ4n) is 2.62. The Labute approximate surface area is 143 Å². The number of likely N-dealkylation sites (N-methyl/N-ethyl adjacent to an activating group) is 1. The van der Waals surface area contributed by atoms with Gasteiger partial charge in [-0.3, -0.25) is 14.9 Å². The van der Waals surface area contributed by atoms with Crippen LogP contribution < -0.4 is 4.74 Å². The Balaban J connectivity index is 1.81. The quantitative estimate of drug-likeness (QED) is 0.588. The molecule has 1 aromatic carbocycles. The number of methoxy groups -OCH3 is 1. The molecule has 132 valence electrons. The molecule has 0 radical (unpaired) electrons. The summed E-state index contributed by atoms with van der Waals surface area (Å²) in [6, 6.07) is 4.34. The number of hydrogen-bond acceptors (Lipinski definition) is 7. The van der Waals surface area contributed by atoms with Gasteiger partial charge in [0.15, 0.2) is 11.4 Å². The van der Waals surface area contributed by atoms with E-state index < -0.39 is 4.92 Å². The topological polar surface area (TPSA) is 107 Å². The second-order valence-corrected chi connectivity index (χ2v) is 5.76. The van der Waals surface area contributed by atoms with E-state index in [1.54, 1.807) is 4.90 Å². The molecule has 0 aliphatic carbocycles. The third kappa shape index (κ3) is 3.43. The van der Waals surface area contributed by atoms with Crippen LogP contribution in [0.5, 0.6) is 5.75 Å². The minimum atomic E-state index is -0.522. The van der Waals surface area contributed by atoms with Crippen molar-refractivity contribution >= 4 is 11.6 Å². The molecule has 25 heavy (non-hydrogen) atoms. The van der Waals surface area contributed by atoms with Crippen LogP contribution in [0.15, 0.2) is 24.4 Å². The maximum atomic E-state index is 12.5. The summed E-state index contributed by atoms with van der Waals surface area (Å²) in [5, 5.41) is 18.8. The molecule has 1 aliphatic rings. The predicted octanol–water partition coefficient (Wildman–Crippen LogP) is 0.572. The van der Waals surface area contributed by atoms with Gasteiger partial charge in [0.25, 0.3) is 5.91 Å². The van der Waals surface area contributed by atoms with Crippen LogP contribution in [0.4, 0.5) is 5.69 Å². The van der Waals surface area contributed by atoms with Gasteiger partial charge in [-0.05, 0) is 13.1 Å². The Hall–Kier alpha value is -3.01. The molecule has 3 rings (SSSR count). The maximum absolute atomic E-state index is 12.5. The van der Waals surface area contributed by atoms with Crippen LogP contribution in [0, 0.1) is 10.1 Å². The lowest BCUT2D eigenvalue weighted by molar-refractivity contribution is -0.385. The number of carbonyl (C=O) groups is 1. The molecule has 1 amide bonds. The molecule has 1 fully saturated rings. The monoisotopic (exact) mass is 346 g/mol. The van der Waals surface area contributed by atoms with Crippen LogP contribution in [0.1, 0.15) is 10.5 Å². The van der Waals surface area contributed by atoms with Crippen molar-refractivity contribution in [3.05, 3.63) is 40.2 Å². The predicted molar refractivity (Wildman–Crippen MR) is 88.0 cm³/mol. The molecule has 2 heterocycles. The van der Waals surface area contributed by atoms with Crippen molar-refractivity contribution in [3.8, 4) is 11.4 Å². The Morgan fingerprint density at radius 2 is 2.00 bits per heavy atom. The molecule has 0 unspecified atom stereocenters. The van der Waals surface area contributed by atoms with Crippen LogP contribution in [-0.2, 0) is 0 Å². The minimum Gasteiger partial charge on any atom is -0.490 e. The highest BCUT2D eigenvalue weighted by Gasteiger charge is 2.23. The number of hydrogen-bond donors (Lipinski definition) is 0. The average Bonchev–Trinajstić information content (AvgIpc) is 3.11. The van der Waals surface area contributed by atoms with Gasteiger partial charge in [0.2, 0.25) is 0 Å². The molecule has 1 aliphatic heterocycles. The smallest absolute Gasteiger partial charge is 0.311 e. The van der Waals surface area contributed by atoms with E-state index in [2.05, 4.69) is 15.2 Å². The van der Waals surface area contributed by atoms with Crippen LogP contribution in [0.25, 0.3) is 5.69 Å². The Morgan fingerprint density at radius 1 is 1.28 bits per heavy atom. The van der Waals surface area contributed by atoms with Crippen molar-refractivity contribution in [3.63, 3.8) is 0 Å². The van der Waals surface area contributed by atoms with Gasteiger partial charge < -0.3 is 14.5 Å². The summed E-state index contributed by atoms with van der Waals surface area (Å²) in [6.07, 6.45) is 1.52. The number of ether oxygens (including phenoxy) is 1. The summed E-state index contributed by atoms with van der Waals surface area (Å²) in [5.41, 5.74) is 0.620. The second kappa shape index (κ2) is 6.85. The van der Waals surface area contributed by atoms with Gasteiger partial charge in [-0.25, -0.2) is 4.68 Å². The number of nitro groups is 1. The summed E-state index contributed by atoms with van der Waals surface area (Å²) >= 11 is 0. The Bertz CT molecular complexity index is 797. The van der Waals surface area contributed by atoms with Gasteiger partial charge in [0.1, 0.15) is 0 Å². The highest BCUT2D eigenvalue weighted by molar-refractivity contribution is 5.92. The lowest BCUT2D eigenvalue weighted by atomic mass is 10.2. The summed E-state index contributed by atoms with van der Waals surface area (Å²) in [6.45, 7) is 2.93. The summed E-state index contributed by atoms with van der Waals surface area (Å²) in [5.74, 6) is -0.0572. The van der Waals surface area contributed by atoms with E-state index in [1.807, 2.05) is 7.05 Å². The van der Waals surface area contributed by atoms with Crippen molar-refractivity contribution in [1.82, 2.24) is 24.8 Å². The molecule has 10 nitrogen and oxygen atoms in total. The van der Waals surface area contributed by atoms with E-state index in [1.165, 1.54) is 36.2 Å². The molecule has 1 saturated heterocycles. The van der Waals surface area contributed by atoms with E-state index >= 15 is 0 Å². The number of benzene rings is 1. The number of amides is 1. The number of aromatic nitrogens is 3. The first-order chi connectivity index (χ1) is 12.0. The first-order valence-electron chi connectivity index (χ1n) is 7.72. The van der Waals surface area contributed by atoms with Crippen molar-refractivity contribution in [2.24, 2.45) is 0 Å². The van der Waals surface area contributed by atoms with Gasteiger partial charge in [-0.15, -0.1) is 5.10 Å². The number of nitrogens with zero attached hydrogens (tertiary/aromatic N) is 6. The summed E-state index contributed by atoms with van der Waals surface area (Å²) < 4.78 is 6.44. The second-order valence-electron chi connectivity index (χ2n) is 5.76. The van der Waals surface area contributed by atoms with Crippen LogP contribution >= 0.6 is 0 Å². The number of rotatable bonds is 4. The van der Waals surface area contributed by atoms with Crippen molar-refractivity contribution in [2.75, 3.05) is 40.3 Å². The van der Waals surface area contributed by atoms with Gasteiger partial charge in [-0.2, -0.15) is 0 Å². The van der Waals surface area contributed by atoms with E-state index in [9.17, 15) is 14.9 Å². The van der Waals surface area contributed by atoms with Crippen LogP contribution in [0.2, 0.25) is 0 Å². The fraction of sp³-hybridized carbons (Fsp3) is 0.400. The number of carbonyl (C=O) groups excluding carboxylic acids is 1. The lowest BCUT2D eigenvalue weighted by Gasteiger charge is -2.31. The third-order valence-corrected chi connectivity index (χ3v) is 4.13. The normalized spacial score (nSPS) is 15.2. The zero-order chi connectivity index (χ0) is 18.0. The Morgan fingerprint density at radius 3 is 2.64 bits per heavy atom. The molecule has 1 aromatic heterocycles. The van der Waals surface area contributed by atoms with E-state index in [-0.39, 0.29) is 23.0 Å². The fourth-order valence-corrected chi connectivity index (χ4v) is 2.62. The molecule has 0 atom stereocenters. The van der Waals surface area contributed by atoms with E-state index in [0.717, 1.165) is 13.1 Å². The first kappa shape index (κ1) is 16.8. The summed E-state index contributed by atoms with van der Waals surface area (Å²) in [4.78, 5) is 26.8. The zero-order valence-electron chi connectivity index (χ0n) is 14.0.